The zero-order chi connectivity index (χ0) is 14.1. The van der Waals surface area contributed by atoms with Crippen molar-refractivity contribution in [2.45, 2.75) is 19.4 Å². The number of halogens is 1. The number of imidazole rings is 1. The molecule has 4 heteroatoms. The second-order valence-corrected chi connectivity index (χ2v) is 6.00. The zero-order valence-corrected chi connectivity index (χ0v) is 12.8. The number of hydrogen-bond donors (Lipinski definition) is 2. The number of benzene rings is 2. The topological polar surface area (TPSA) is 54.7 Å². The Hall–Kier alpha value is -1.65. The van der Waals surface area contributed by atoms with Crippen molar-refractivity contribution in [2.75, 3.05) is 0 Å². The third-order valence-electron chi connectivity index (χ3n) is 3.38. The number of fused-ring (bicyclic) bond motifs is 1. The average molecular weight is 330 g/mol. The molecular formula is C16H16BrN3. The van der Waals surface area contributed by atoms with E-state index in [9.17, 15) is 0 Å². The Labute approximate surface area is 126 Å². The molecule has 102 valence electrons. The molecule has 0 radical (unpaired) electrons. The van der Waals surface area contributed by atoms with Crippen LogP contribution < -0.4 is 5.73 Å². The average Bonchev–Trinajstić information content (AvgIpc) is 2.84. The number of nitrogens with zero attached hydrogens (tertiary/aromatic N) is 1. The maximum Gasteiger partial charge on any atom is 0.124 e. The van der Waals surface area contributed by atoms with Crippen molar-refractivity contribution < 1.29 is 0 Å². The standard InChI is InChI=1S/C16H16BrN3/c1-10-2-7-14-15(8-10)20-16(19-14)13(18)9-11-3-5-12(17)6-4-11/h2-8,13H,9,18H2,1H3,(H,19,20)/t13-/m1/s1. The van der Waals surface area contributed by atoms with Crippen molar-refractivity contribution in [1.29, 1.82) is 0 Å². The first kappa shape index (κ1) is 13.3. The predicted molar refractivity (Wildman–Crippen MR) is 85.6 cm³/mol. The highest BCUT2D eigenvalue weighted by Crippen LogP contribution is 2.20. The van der Waals surface area contributed by atoms with E-state index in [1.165, 1.54) is 11.1 Å². The summed E-state index contributed by atoms with van der Waals surface area (Å²) in [6.07, 6.45) is 0.770. The zero-order valence-electron chi connectivity index (χ0n) is 11.2. The van der Waals surface area contributed by atoms with Gasteiger partial charge in [-0.05, 0) is 48.7 Å². The van der Waals surface area contributed by atoms with Gasteiger partial charge in [0.25, 0.3) is 0 Å². The second kappa shape index (κ2) is 5.38. The molecule has 3 aromatic rings. The largest absolute Gasteiger partial charge is 0.341 e. The Bertz CT molecular complexity index is 731. The van der Waals surface area contributed by atoms with Gasteiger partial charge in [-0.3, -0.25) is 0 Å². The first-order valence-electron chi connectivity index (χ1n) is 6.58. The van der Waals surface area contributed by atoms with Crippen LogP contribution in [-0.2, 0) is 6.42 Å². The molecule has 0 aliphatic heterocycles. The van der Waals surface area contributed by atoms with Gasteiger partial charge in [-0.2, -0.15) is 0 Å². The van der Waals surface area contributed by atoms with E-state index in [0.29, 0.717) is 0 Å². The molecular weight excluding hydrogens is 314 g/mol. The summed E-state index contributed by atoms with van der Waals surface area (Å²) in [6, 6.07) is 14.3. The van der Waals surface area contributed by atoms with Crippen molar-refractivity contribution >= 4 is 27.0 Å². The molecule has 3 N–H and O–H groups in total. The fraction of sp³-hybridized carbons (Fsp3) is 0.188. The van der Waals surface area contributed by atoms with Crippen LogP contribution in [0.5, 0.6) is 0 Å². The summed E-state index contributed by atoms with van der Waals surface area (Å²) in [4.78, 5) is 7.90. The molecule has 3 nitrogen and oxygen atoms in total. The summed E-state index contributed by atoms with van der Waals surface area (Å²) < 4.78 is 1.08. The second-order valence-electron chi connectivity index (χ2n) is 5.08. The van der Waals surface area contributed by atoms with Gasteiger partial charge in [0.15, 0.2) is 0 Å². The lowest BCUT2D eigenvalue weighted by Gasteiger charge is -2.08. The number of aromatic nitrogens is 2. The normalized spacial score (nSPS) is 12.8. The summed E-state index contributed by atoms with van der Waals surface area (Å²) in [6.45, 7) is 2.07. The first-order chi connectivity index (χ1) is 9.61. The molecule has 2 aromatic carbocycles. The Morgan fingerprint density at radius 2 is 1.95 bits per heavy atom. The maximum atomic E-state index is 6.26. The lowest BCUT2D eigenvalue weighted by atomic mass is 10.1. The van der Waals surface area contributed by atoms with E-state index in [0.717, 1.165) is 27.8 Å². The number of aryl methyl sites for hydroxylation is 1. The number of nitrogens with one attached hydrogen (secondary N) is 1. The smallest absolute Gasteiger partial charge is 0.124 e. The van der Waals surface area contributed by atoms with Crippen LogP contribution in [0.25, 0.3) is 11.0 Å². The Morgan fingerprint density at radius 1 is 1.20 bits per heavy atom. The molecule has 1 aromatic heterocycles. The molecule has 0 bridgehead atoms. The van der Waals surface area contributed by atoms with Gasteiger partial charge in [-0.25, -0.2) is 4.98 Å². The van der Waals surface area contributed by atoms with Crippen LogP contribution in [0.15, 0.2) is 46.9 Å². The molecule has 0 spiro atoms. The van der Waals surface area contributed by atoms with Crippen LogP contribution in [-0.4, -0.2) is 9.97 Å². The summed E-state index contributed by atoms with van der Waals surface area (Å²) in [7, 11) is 0. The summed E-state index contributed by atoms with van der Waals surface area (Å²) in [5.74, 6) is 0.841. The van der Waals surface area contributed by atoms with E-state index in [2.05, 4.69) is 57.1 Å². The Balaban J connectivity index is 1.84. The highest BCUT2D eigenvalue weighted by molar-refractivity contribution is 9.10. The van der Waals surface area contributed by atoms with Crippen LogP contribution in [0.4, 0.5) is 0 Å². The van der Waals surface area contributed by atoms with Crippen molar-refractivity contribution in [3.8, 4) is 0 Å². The number of rotatable bonds is 3. The number of H-pyrrole nitrogens is 1. The van der Waals surface area contributed by atoms with Gasteiger partial charge in [0, 0.05) is 4.47 Å². The number of hydrogen-bond acceptors (Lipinski definition) is 2. The van der Waals surface area contributed by atoms with E-state index in [-0.39, 0.29) is 6.04 Å². The van der Waals surface area contributed by atoms with E-state index in [1.807, 2.05) is 18.2 Å². The molecule has 1 heterocycles. The quantitative estimate of drug-likeness (QED) is 0.766. The van der Waals surface area contributed by atoms with E-state index >= 15 is 0 Å². The van der Waals surface area contributed by atoms with E-state index in [4.69, 9.17) is 5.73 Å². The van der Waals surface area contributed by atoms with Gasteiger partial charge in [-0.1, -0.05) is 34.1 Å². The van der Waals surface area contributed by atoms with Gasteiger partial charge in [0.05, 0.1) is 17.1 Å². The van der Waals surface area contributed by atoms with E-state index < -0.39 is 0 Å². The molecule has 3 rings (SSSR count). The van der Waals surface area contributed by atoms with Crippen molar-refractivity contribution in [1.82, 2.24) is 9.97 Å². The molecule has 0 fully saturated rings. The molecule has 1 atom stereocenters. The monoisotopic (exact) mass is 329 g/mol. The van der Waals surface area contributed by atoms with E-state index in [1.54, 1.807) is 0 Å². The fourth-order valence-electron chi connectivity index (χ4n) is 2.29. The van der Waals surface area contributed by atoms with Crippen molar-refractivity contribution in [3.63, 3.8) is 0 Å². The van der Waals surface area contributed by atoms with Crippen molar-refractivity contribution in [3.05, 3.63) is 63.9 Å². The molecule has 20 heavy (non-hydrogen) atoms. The molecule has 0 aliphatic carbocycles. The van der Waals surface area contributed by atoms with Gasteiger partial charge in [0.2, 0.25) is 0 Å². The third-order valence-corrected chi connectivity index (χ3v) is 3.90. The van der Waals surface area contributed by atoms with Crippen LogP contribution in [0.2, 0.25) is 0 Å². The summed E-state index contributed by atoms with van der Waals surface area (Å²) in [5, 5.41) is 0. The Kier molecular flexibility index (Phi) is 3.59. The minimum absolute atomic E-state index is 0.121. The lowest BCUT2D eigenvalue weighted by molar-refractivity contribution is 0.680. The predicted octanol–water partition coefficient (Wildman–Crippen LogP) is 3.88. The molecule has 0 saturated carbocycles. The summed E-state index contributed by atoms with van der Waals surface area (Å²) in [5.41, 5.74) is 10.7. The molecule has 0 saturated heterocycles. The fourth-order valence-corrected chi connectivity index (χ4v) is 2.55. The van der Waals surface area contributed by atoms with Crippen LogP contribution in [0.1, 0.15) is 23.0 Å². The minimum atomic E-state index is -0.121. The van der Waals surface area contributed by atoms with Gasteiger partial charge in [0.1, 0.15) is 5.82 Å². The lowest BCUT2D eigenvalue weighted by Crippen LogP contribution is -2.14. The molecule has 0 aliphatic rings. The van der Waals surface area contributed by atoms with Crippen LogP contribution in [0.3, 0.4) is 0 Å². The highest BCUT2D eigenvalue weighted by atomic mass is 79.9. The Morgan fingerprint density at radius 3 is 2.70 bits per heavy atom. The number of aromatic amines is 1. The molecule has 0 amide bonds. The van der Waals surface area contributed by atoms with Gasteiger partial charge in [-0.15, -0.1) is 0 Å². The van der Waals surface area contributed by atoms with Crippen LogP contribution in [0, 0.1) is 6.92 Å². The summed E-state index contributed by atoms with van der Waals surface area (Å²) >= 11 is 3.44. The highest BCUT2D eigenvalue weighted by Gasteiger charge is 2.12. The molecule has 0 unspecified atom stereocenters. The number of nitrogens with two attached hydrogens (primary N) is 1. The van der Waals surface area contributed by atoms with Crippen LogP contribution >= 0.6 is 15.9 Å². The van der Waals surface area contributed by atoms with Gasteiger partial charge >= 0.3 is 0 Å². The maximum absolute atomic E-state index is 6.26. The third kappa shape index (κ3) is 2.76. The first-order valence-corrected chi connectivity index (χ1v) is 7.37. The van der Waals surface area contributed by atoms with Crippen molar-refractivity contribution in [2.24, 2.45) is 5.73 Å². The SMILES string of the molecule is Cc1ccc2nc([C@H](N)Cc3ccc(Br)cc3)[nH]c2c1. The minimum Gasteiger partial charge on any atom is -0.341 e. The van der Waals surface area contributed by atoms with Gasteiger partial charge < -0.3 is 10.7 Å².